The van der Waals surface area contributed by atoms with E-state index >= 15 is 0 Å². The van der Waals surface area contributed by atoms with Crippen LogP contribution in [0.4, 0.5) is 0 Å². The van der Waals surface area contributed by atoms with Crippen molar-refractivity contribution in [2.45, 2.75) is 6.42 Å². The van der Waals surface area contributed by atoms with Crippen LogP contribution in [0, 0.1) is 0 Å². The molecule has 28 heavy (non-hydrogen) atoms. The molecule has 6 heteroatoms. The Morgan fingerprint density at radius 3 is 2.18 bits per heavy atom. The van der Waals surface area contributed by atoms with Crippen molar-refractivity contribution in [3.8, 4) is 22.8 Å². The van der Waals surface area contributed by atoms with Crippen molar-refractivity contribution >= 4 is 10.9 Å². The Morgan fingerprint density at radius 1 is 0.714 bits per heavy atom. The van der Waals surface area contributed by atoms with E-state index in [1.807, 2.05) is 54.7 Å². The number of nitrogens with zero attached hydrogens (tertiary/aromatic N) is 5. The molecule has 0 amide bonds. The van der Waals surface area contributed by atoms with Crippen LogP contribution in [0.1, 0.15) is 11.4 Å². The molecule has 0 aliphatic rings. The molecule has 0 unspecified atom stereocenters. The maximum absolute atomic E-state index is 4.81. The third kappa shape index (κ3) is 3.01. The summed E-state index contributed by atoms with van der Waals surface area (Å²) in [7, 11) is 0. The molecule has 0 spiro atoms. The van der Waals surface area contributed by atoms with E-state index in [4.69, 9.17) is 4.98 Å². The number of hydrogen-bond acceptors (Lipinski definition) is 5. The molecule has 134 valence electrons. The Hall–Kier alpha value is -3.93. The van der Waals surface area contributed by atoms with Gasteiger partial charge in [0.15, 0.2) is 5.82 Å². The van der Waals surface area contributed by atoms with E-state index in [1.165, 1.54) is 5.39 Å². The highest BCUT2D eigenvalue weighted by atomic mass is 15.2. The van der Waals surface area contributed by atoms with Crippen LogP contribution in [-0.2, 0) is 6.42 Å². The lowest BCUT2D eigenvalue weighted by atomic mass is 10.1. The fraction of sp³-hybridized carbons (Fsp3) is 0.0455. The van der Waals surface area contributed by atoms with Gasteiger partial charge in [-0.3, -0.25) is 9.97 Å². The van der Waals surface area contributed by atoms with Crippen LogP contribution in [0.15, 0.2) is 79.3 Å². The van der Waals surface area contributed by atoms with Gasteiger partial charge in [0, 0.05) is 35.9 Å². The summed E-state index contributed by atoms with van der Waals surface area (Å²) in [4.78, 5) is 17.0. The maximum atomic E-state index is 4.81. The van der Waals surface area contributed by atoms with Crippen LogP contribution in [-0.4, -0.2) is 30.1 Å². The Bertz CT molecular complexity index is 1230. The summed E-state index contributed by atoms with van der Waals surface area (Å²) in [5.41, 5.74) is 5.02. The van der Waals surface area contributed by atoms with Crippen molar-refractivity contribution in [3.05, 3.63) is 90.6 Å². The second kappa shape index (κ2) is 7.00. The lowest BCUT2D eigenvalue weighted by Crippen LogP contribution is -2.05. The molecule has 0 saturated heterocycles. The predicted molar refractivity (Wildman–Crippen MR) is 107 cm³/mol. The maximum Gasteiger partial charge on any atom is 0.156 e. The Kier molecular flexibility index (Phi) is 4.06. The number of nitrogens with one attached hydrogen (secondary N) is 1. The molecule has 4 heterocycles. The first-order chi connectivity index (χ1) is 13.9. The summed E-state index contributed by atoms with van der Waals surface area (Å²) < 4.78 is 0. The van der Waals surface area contributed by atoms with Gasteiger partial charge in [0.1, 0.15) is 11.4 Å². The largest absolute Gasteiger partial charge is 0.361 e. The van der Waals surface area contributed by atoms with Crippen molar-refractivity contribution in [2.75, 3.05) is 0 Å². The van der Waals surface area contributed by atoms with E-state index in [1.54, 1.807) is 12.4 Å². The topological polar surface area (TPSA) is 80.2 Å². The third-order valence-electron chi connectivity index (χ3n) is 4.57. The fourth-order valence-electron chi connectivity index (χ4n) is 3.24. The fourth-order valence-corrected chi connectivity index (χ4v) is 3.24. The minimum absolute atomic E-state index is 0.583. The zero-order valence-corrected chi connectivity index (χ0v) is 14.9. The lowest BCUT2D eigenvalue weighted by molar-refractivity contribution is 0.871. The van der Waals surface area contributed by atoms with Gasteiger partial charge in [-0.15, -0.1) is 10.2 Å². The SMILES string of the molecule is c1ccc(-c2nnc(Cc3c[nH]c4ccccc34)nc2-c2ccccn2)nc1. The van der Waals surface area contributed by atoms with Gasteiger partial charge in [-0.05, 0) is 35.9 Å². The third-order valence-corrected chi connectivity index (χ3v) is 4.57. The van der Waals surface area contributed by atoms with E-state index in [0.717, 1.165) is 22.5 Å². The van der Waals surface area contributed by atoms with Gasteiger partial charge < -0.3 is 4.98 Å². The van der Waals surface area contributed by atoms with E-state index < -0.39 is 0 Å². The summed E-state index contributed by atoms with van der Waals surface area (Å²) in [5.74, 6) is 0.644. The first-order valence-electron chi connectivity index (χ1n) is 9.00. The zero-order chi connectivity index (χ0) is 18.8. The standard InChI is InChI=1S/C22H16N6/c1-2-8-17-16(7-1)15(14-25-17)13-20-26-21(18-9-3-5-11-23-18)22(28-27-20)19-10-4-6-12-24-19/h1-12,14,25H,13H2. The van der Waals surface area contributed by atoms with Gasteiger partial charge in [-0.2, -0.15) is 0 Å². The van der Waals surface area contributed by atoms with Gasteiger partial charge in [0.2, 0.25) is 0 Å². The first kappa shape index (κ1) is 16.3. The highest BCUT2D eigenvalue weighted by Crippen LogP contribution is 2.26. The molecule has 1 N–H and O–H groups in total. The first-order valence-corrected chi connectivity index (χ1v) is 9.00. The van der Waals surface area contributed by atoms with Gasteiger partial charge in [0.05, 0.1) is 11.4 Å². The molecule has 0 radical (unpaired) electrons. The van der Waals surface area contributed by atoms with E-state index in [2.05, 4.69) is 37.3 Å². The number of H-pyrrole nitrogens is 1. The minimum Gasteiger partial charge on any atom is -0.361 e. The van der Waals surface area contributed by atoms with Gasteiger partial charge in [-0.1, -0.05) is 30.3 Å². The number of rotatable bonds is 4. The highest BCUT2D eigenvalue weighted by molar-refractivity contribution is 5.83. The molecule has 0 bridgehead atoms. The van der Waals surface area contributed by atoms with Crippen molar-refractivity contribution < 1.29 is 0 Å². The van der Waals surface area contributed by atoms with Crippen molar-refractivity contribution in [3.63, 3.8) is 0 Å². The van der Waals surface area contributed by atoms with Crippen LogP contribution in [0.2, 0.25) is 0 Å². The molecule has 4 aromatic heterocycles. The van der Waals surface area contributed by atoms with Gasteiger partial charge >= 0.3 is 0 Å². The number of hydrogen-bond donors (Lipinski definition) is 1. The molecule has 6 nitrogen and oxygen atoms in total. The molecule has 5 rings (SSSR count). The summed E-state index contributed by atoms with van der Waals surface area (Å²) >= 11 is 0. The number of aromatic amines is 1. The normalized spacial score (nSPS) is 11.0. The monoisotopic (exact) mass is 364 g/mol. The summed E-state index contributed by atoms with van der Waals surface area (Å²) in [6, 6.07) is 19.6. The molecule has 0 aliphatic carbocycles. The number of pyridine rings is 2. The van der Waals surface area contributed by atoms with Gasteiger partial charge in [-0.25, -0.2) is 4.98 Å². The average molecular weight is 364 g/mol. The average Bonchev–Trinajstić information content (AvgIpc) is 3.18. The van der Waals surface area contributed by atoms with Crippen molar-refractivity contribution in [1.82, 2.24) is 30.1 Å². The number of aromatic nitrogens is 6. The quantitative estimate of drug-likeness (QED) is 0.520. The second-order valence-corrected chi connectivity index (χ2v) is 6.39. The molecule has 0 aliphatic heterocycles. The summed E-state index contributed by atoms with van der Waals surface area (Å²) in [6.45, 7) is 0. The van der Waals surface area contributed by atoms with Crippen molar-refractivity contribution in [2.24, 2.45) is 0 Å². The molecule has 0 fully saturated rings. The number of para-hydroxylation sites is 1. The van der Waals surface area contributed by atoms with Crippen LogP contribution < -0.4 is 0 Å². The number of fused-ring (bicyclic) bond motifs is 1. The Morgan fingerprint density at radius 2 is 1.43 bits per heavy atom. The van der Waals surface area contributed by atoms with E-state index in [9.17, 15) is 0 Å². The number of benzene rings is 1. The molecule has 5 aromatic rings. The summed E-state index contributed by atoms with van der Waals surface area (Å²) in [5, 5.41) is 10.0. The Labute approximate surface area is 161 Å². The zero-order valence-electron chi connectivity index (χ0n) is 14.9. The molecule has 0 atom stereocenters. The van der Waals surface area contributed by atoms with E-state index in [-0.39, 0.29) is 0 Å². The lowest BCUT2D eigenvalue weighted by Gasteiger charge is -2.08. The smallest absolute Gasteiger partial charge is 0.156 e. The Balaban J connectivity index is 1.61. The minimum atomic E-state index is 0.583. The van der Waals surface area contributed by atoms with Crippen LogP contribution in [0.5, 0.6) is 0 Å². The molecular weight excluding hydrogens is 348 g/mol. The predicted octanol–water partition coefficient (Wildman–Crippen LogP) is 4.07. The molecule has 0 saturated carbocycles. The molecule has 1 aromatic carbocycles. The molecular formula is C22H16N6. The summed E-state index contributed by atoms with van der Waals surface area (Å²) in [6.07, 6.45) is 6.07. The van der Waals surface area contributed by atoms with Crippen LogP contribution in [0.3, 0.4) is 0 Å². The van der Waals surface area contributed by atoms with Crippen LogP contribution in [0.25, 0.3) is 33.7 Å². The highest BCUT2D eigenvalue weighted by Gasteiger charge is 2.16. The van der Waals surface area contributed by atoms with Crippen LogP contribution >= 0.6 is 0 Å². The van der Waals surface area contributed by atoms with Gasteiger partial charge in [0.25, 0.3) is 0 Å². The second-order valence-electron chi connectivity index (χ2n) is 6.39. The van der Waals surface area contributed by atoms with Crippen molar-refractivity contribution in [1.29, 1.82) is 0 Å². The van der Waals surface area contributed by atoms with E-state index in [0.29, 0.717) is 23.6 Å².